The number of primary sulfonamides is 1. The van der Waals surface area contributed by atoms with Crippen LogP contribution in [0.15, 0.2) is 52.0 Å². The number of sulfonamides is 1. The van der Waals surface area contributed by atoms with E-state index in [0.29, 0.717) is 6.54 Å². The molecule has 0 aliphatic heterocycles. The van der Waals surface area contributed by atoms with E-state index in [2.05, 4.69) is 26.2 Å². The summed E-state index contributed by atoms with van der Waals surface area (Å²) < 4.78 is 23.0. The van der Waals surface area contributed by atoms with Crippen molar-refractivity contribution in [3.05, 3.63) is 52.8 Å². The number of rotatable bonds is 4. The number of hydrogen-bond acceptors (Lipinski definition) is 4. The molecule has 1 aromatic carbocycles. The second-order valence-corrected chi connectivity index (χ2v) is 6.25. The summed E-state index contributed by atoms with van der Waals surface area (Å²) in [6.45, 7) is 0.550. The van der Waals surface area contributed by atoms with Crippen molar-refractivity contribution >= 4 is 31.6 Å². The Hall–Kier alpha value is -1.44. The molecule has 0 aliphatic rings. The van der Waals surface area contributed by atoms with Gasteiger partial charge >= 0.3 is 0 Å². The minimum Gasteiger partial charge on any atom is -0.379 e. The van der Waals surface area contributed by atoms with E-state index < -0.39 is 10.0 Å². The third-order valence-electron chi connectivity index (χ3n) is 2.43. The van der Waals surface area contributed by atoms with Crippen molar-refractivity contribution in [3.63, 3.8) is 0 Å². The van der Waals surface area contributed by atoms with Crippen molar-refractivity contribution < 1.29 is 8.42 Å². The van der Waals surface area contributed by atoms with Gasteiger partial charge in [-0.15, -0.1) is 0 Å². The number of halogens is 1. The smallest absolute Gasteiger partial charge is 0.238 e. The molecule has 2 aromatic rings. The van der Waals surface area contributed by atoms with E-state index in [1.54, 1.807) is 12.1 Å². The lowest BCUT2D eigenvalue weighted by Gasteiger charge is -2.07. The largest absolute Gasteiger partial charge is 0.379 e. The fourth-order valence-electron chi connectivity index (χ4n) is 1.50. The predicted octanol–water partition coefficient (Wildman–Crippen LogP) is 2.10. The van der Waals surface area contributed by atoms with Gasteiger partial charge in [0.15, 0.2) is 0 Å². The fraction of sp³-hybridized carbons (Fsp3) is 0.0833. The van der Waals surface area contributed by atoms with Crippen LogP contribution in [0, 0.1) is 0 Å². The summed E-state index contributed by atoms with van der Waals surface area (Å²) in [6, 6.07) is 11.9. The minimum atomic E-state index is -3.64. The third kappa shape index (κ3) is 4.02. The highest BCUT2D eigenvalue weighted by molar-refractivity contribution is 9.10. The van der Waals surface area contributed by atoms with Gasteiger partial charge in [0, 0.05) is 5.69 Å². The van der Waals surface area contributed by atoms with E-state index in [4.69, 9.17) is 5.14 Å². The molecule has 0 spiro atoms. The van der Waals surface area contributed by atoms with Gasteiger partial charge in [0.25, 0.3) is 0 Å². The second kappa shape index (κ2) is 5.68. The first-order valence-corrected chi connectivity index (χ1v) is 7.77. The van der Waals surface area contributed by atoms with Crippen molar-refractivity contribution in [3.8, 4) is 0 Å². The number of anilines is 1. The SMILES string of the molecule is NS(=O)(=O)c1ccc(NCc2cccc(Br)n2)cc1. The molecule has 3 N–H and O–H groups in total. The monoisotopic (exact) mass is 341 g/mol. The summed E-state index contributed by atoms with van der Waals surface area (Å²) in [7, 11) is -3.64. The molecule has 0 unspecified atom stereocenters. The highest BCUT2D eigenvalue weighted by Crippen LogP contribution is 2.14. The van der Waals surface area contributed by atoms with E-state index in [9.17, 15) is 8.42 Å². The van der Waals surface area contributed by atoms with Crippen LogP contribution in [0.4, 0.5) is 5.69 Å². The quantitative estimate of drug-likeness (QED) is 0.834. The van der Waals surface area contributed by atoms with Gasteiger partial charge in [-0.25, -0.2) is 18.5 Å². The summed E-state index contributed by atoms with van der Waals surface area (Å²) in [5, 5.41) is 8.17. The van der Waals surface area contributed by atoms with Crippen LogP contribution in [0.3, 0.4) is 0 Å². The first kappa shape index (κ1) is 14.0. The Bertz CT molecular complexity index is 672. The lowest BCUT2D eigenvalue weighted by atomic mass is 10.3. The Labute approximate surface area is 120 Å². The summed E-state index contributed by atoms with van der Waals surface area (Å²) in [5.41, 5.74) is 1.68. The van der Waals surface area contributed by atoms with Crippen molar-refractivity contribution in [2.24, 2.45) is 5.14 Å². The number of benzene rings is 1. The van der Waals surface area contributed by atoms with Crippen LogP contribution in [-0.4, -0.2) is 13.4 Å². The average molecular weight is 342 g/mol. The average Bonchev–Trinajstić information content (AvgIpc) is 2.36. The van der Waals surface area contributed by atoms with Gasteiger partial charge in [-0.05, 0) is 52.3 Å². The van der Waals surface area contributed by atoms with Gasteiger partial charge in [0.05, 0.1) is 17.1 Å². The summed E-state index contributed by atoms with van der Waals surface area (Å²) in [5.74, 6) is 0. The van der Waals surface area contributed by atoms with Crippen molar-refractivity contribution in [1.82, 2.24) is 4.98 Å². The zero-order chi connectivity index (χ0) is 13.9. The van der Waals surface area contributed by atoms with Crippen LogP contribution < -0.4 is 10.5 Å². The molecule has 0 saturated heterocycles. The lowest BCUT2D eigenvalue weighted by molar-refractivity contribution is 0.598. The van der Waals surface area contributed by atoms with E-state index >= 15 is 0 Å². The number of aromatic nitrogens is 1. The Morgan fingerprint density at radius 1 is 1.16 bits per heavy atom. The van der Waals surface area contributed by atoms with Crippen molar-refractivity contribution in [1.29, 1.82) is 0 Å². The van der Waals surface area contributed by atoms with Gasteiger partial charge < -0.3 is 5.32 Å². The maximum atomic E-state index is 11.1. The van der Waals surface area contributed by atoms with Crippen molar-refractivity contribution in [2.75, 3.05) is 5.32 Å². The molecule has 0 radical (unpaired) electrons. The third-order valence-corrected chi connectivity index (χ3v) is 3.80. The Balaban J connectivity index is 2.05. The summed E-state index contributed by atoms with van der Waals surface area (Å²) >= 11 is 3.30. The summed E-state index contributed by atoms with van der Waals surface area (Å²) in [6.07, 6.45) is 0. The number of nitrogens with zero attached hydrogens (tertiary/aromatic N) is 1. The molecule has 0 bridgehead atoms. The lowest BCUT2D eigenvalue weighted by Crippen LogP contribution is -2.12. The number of nitrogens with two attached hydrogens (primary N) is 1. The van der Waals surface area contributed by atoms with Crippen LogP contribution in [0.2, 0.25) is 0 Å². The zero-order valence-electron chi connectivity index (χ0n) is 9.88. The summed E-state index contributed by atoms with van der Waals surface area (Å²) in [4.78, 5) is 4.38. The van der Waals surface area contributed by atoms with Crippen LogP contribution in [0.5, 0.6) is 0 Å². The second-order valence-electron chi connectivity index (χ2n) is 3.87. The van der Waals surface area contributed by atoms with Gasteiger partial charge in [-0.3, -0.25) is 0 Å². The highest BCUT2D eigenvalue weighted by atomic mass is 79.9. The molecule has 7 heteroatoms. The van der Waals surface area contributed by atoms with E-state index in [1.165, 1.54) is 12.1 Å². The maximum Gasteiger partial charge on any atom is 0.238 e. The minimum absolute atomic E-state index is 0.0960. The molecular weight excluding hydrogens is 330 g/mol. The van der Waals surface area contributed by atoms with Crippen LogP contribution in [0.25, 0.3) is 0 Å². The van der Waals surface area contributed by atoms with E-state index in [-0.39, 0.29) is 4.90 Å². The Morgan fingerprint density at radius 3 is 2.42 bits per heavy atom. The maximum absolute atomic E-state index is 11.1. The van der Waals surface area contributed by atoms with Gasteiger partial charge in [0.1, 0.15) is 4.60 Å². The fourth-order valence-corrected chi connectivity index (χ4v) is 2.40. The first-order chi connectivity index (χ1) is 8.95. The standard InChI is InChI=1S/C12H12BrN3O2S/c13-12-3-1-2-10(16-12)8-15-9-4-6-11(7-5-9)19(14,17)18/h1-7,15H,8H2,(H2,14,17,18). The number of hydrogen-bond donors (Lipinski definition) is 2. The number of nitrogens with one attached hydrogen (secondary N) is 1. The molecule has 19 heavy (non-hydrogen) atoms. The molecule has 0 atom stereocenters. The number of pyridine rings is 1. The van der Waals surface area contributed by atoms with Crippen LogP contribution in [-0.2, 0) is 16.6 Å². The zero-order valence-corrected chi connectivity index (χ0v) is 12.3. The molecular formula is C12H12BrN3O2S. The van der Waals surface area contributed by atoms with E-state index in [1.807, 2.05) is 18.2 Å². The molecule has 1 aromatic heterocycles. The molecule has 0 saturated carbocycles. The normalized spacial score (nSPS) is 11.3. The van der Waals surface area contributed by atoms with E-state index in [0.717, 1.165) is 16.0 Å². The Morgan fingerprint density at radius 2 is 1.84 bits per heavy atom. The molecule has 5 nitrogen and oxygen atoms in total. The topological polar surface area (TPSA) is 85.1 Å². The van der Waals surface area contributed by atoms with Gasteiger partial charge in [0.2, 0.25) is 10.0 Å². The molecule has 100 valence electrons. The highest BCUT2D eigenvalue weighted by Gasteiger charge is 2.06. The first-order valence-electron chi connectivity index (χ1n) is 5.43. The molecule has 0 fully saturated rings. The van der Waals surface area contributed by atoms with Gasteiger partial charge in [-0.2, -0.15) is 0 Å². The predicted molar refractivity (Wildman–Crippen MR) is 77.1 cm³/mol. The molecule has 0 aliphatic carbocycles. The van der Waals surface area contributed by atoms with Crippen LogP contribution >= 0.6 is 15.9 Å². The van der Waals surface area contributed by atoms with Crippen LogP contribution in [0.1, 0.15) is 5.69 Å². The van der Waals surface area contributed by atoms with Crippen molar-refractivity contribution in [2.45, 2.75) is 11.4 Å². The Kier molecular flexibility index (Phi) is 4.18. The van der Waals surface area contributed by atoms with Gasteiger partial charge in [-0.1, -0.05) is 6.07 Å². The molecule has 2 rings (SSSR count). The molecule has 1 heterocycles. The molecule has 0 amide bonds.